The predicted molar refractivity (Wildman–Crippen MR) is 88.2 cm³/mol. The van der Waals surface area contributed by atoms with E-state index in [0.717, 1.165) is 25.7 Å². The maximum Gasteiger partial charge on any atom is 0.150 e. The standard InChI is InChI=1S/C17H19BrOS/c1-12-11-17(18)13(6-5-9-16(17)19)10-15(12)20-14-7-3-2-4-8-14/h2-4,7-8,13H,5-6,9-11H2,1H3/t13?,17-/m1/s1. The Kier molecular flexibility index (Phi) is 4.09. The fourth-order valence-corrected chi connectivity index (χ4v) is 5.44. The summed E-state index contributed by atoms with van der Waals surface area (Å²) in [4.78, 5) is 15.0. The van der Waals surface area contributed by atoms with Crippen molar-refractivity contribution < 1.29 is 4.79 Å². The molecule has 2 aliphatic rings. The number of benzene rings is 1. The molecule has 1 aromatic carbocycles. The first kappa shape index (κ1) is 14.4. The van der Waals surface area contributed by atoms with E-state index in [1.54, 1.807) is 0 Å². The largest absolute Gasteiger partial charge is 0.298 e. The molecule has 0 aromatic heterocycles. The maximum absolute atomic E-state index is 12.3. The minimum absolute atomic E-state index is 0.268. The molecule has 0 amide bonds. The molecule has 0 radical (unpaired) electrons. The highest BCUT2D eigenvalue weighted by Gasteiger charge is 2.47. The van der Waals surface area contributed by atoms with E-state index in [4.69, 9.17) is 0 Å². The molecule has 3 heteroatoms. The number of halogens is 1. The number of rotatable bonds is 2. The molecule has 1 nitrogen and oxygen atoms in total. The van der Waals surface area contributed by atoms with Gasteiger partial charge in [-0.2, -0.15) is 0 Å². The van der Waals surface area contributed by atoms with Gasteiger partial charge in [0.2, 0.25) is 0 Å². The van der Waals surface area contributed by atoms with Crippen molar-refractivity contribution in [1.29, 1.82) is 0 Å². The summed E-state index contributed by atoms with van der Waals surface area (Å²) in [5.41, 5.74) is 1.38. The van der Waals surface area contributed by atoms with Gasteiger partial charge in [-0.3, -0.25) is 4.79 Å². The predicted octanol–water partition coefficient (Wildman–Crippen LogP) is 5.35. The number of fused-ring (bicyclic) bond motifs is 1. The quantitative estimate of drug-likeness (QED) is 0.668. The van der Waals surface area contributed by atoms with Crippen LogP contribution in [0.2, 0.25) is 0 Å². The lowest BCUT2D eigenvalue weighted by Crippen LogP contribution is -2.45. The van der Waals surface area contributed by atoms with E-state index in [1.807, 2.05) is 11.8 Å². The number of carbonyl (C=O) groups excluding carboxylic acids is 1. The molecule has 2 atom stereocenters. The smallest absolute Gasteiger partial charge is 0.150 e. The van der Waals surface area contributed by atoms with Crippen LogP contribution < -0.4 is 0 Å². The van der Waals surface area contributed by atoms with Crippen molar-refractivity contribution >= 4 is 33.5 Å². The number of ketones is 1. The minimum Gasteiger partial charge on any atom is -0.298 e. The third kappa shape index (κ3) is 2.62. The highest BCUT2D eigenvalue weighted by molar-refractivity contribution is 9.10. The van der Waals surface area contributed by atoms with Gasteiger partial charge in [-0.15, -0.1) is 0 Å². The Morgan fingerprint density at radius 2 is 2.05 bits per heavy atom. The van der Waals surface area contributed by atoms with Crippen LogP contribution in [-0.2, 0) is 4.79 Å². The van der Waals surface area contributed by atoms with Crippen LogP contribution in [0, 0.1) is 5.92 Å². The lowest BCUT2D eigenvalue weighted by atomic mass is 9.70. The van der Waals surface area contributed by atoms with E-state index < -0.39 is 0 Å². The average Bonchev–Trinajstić information content (AvgIpc) is 2.43. The van der Waals surface area contributed by atoms with Gasteiger partial charge in [0.05, 0.1) is 4.32 Å². The van der Waals surface area contributed by atoms with Crippen molar-refractivity contribution in [3.63, 3.8) is 0 Å². The molecule has 1 aromatic rings. The number of Topliss-reactive ketones (excluding diaryl/α,β-unsaturated/α-hetero) is 1. The van der Waals surface area contributed by atoms with Crippen LogP contribution in [0.4, 0.5) is 0 Å². The van der Waals surface area contributed by atoms with E-state index in [-0.39, 0.29) is 4.32 Å². The average molecular weight is 351 g/mol. The Hall–Kier alpha value is -0.540. The van der Waals surface area contributed by atoms with Crippen molar-refractivity contribution in [3.8, 4) is 0 Å². The molecule has 0 saturated heterocycles. The first-order valence-electron chi connectivity index (χ1n) is 7.23. The van der Waals surface area contributed by atoms with Crippen molar-refractivity contribution in [1.82, 2.24) is 0 Å². The second-order valence-corrected chi connectivity index (χ2v) is 8.46. The summed E-state index contributed by atoms with van der Waals surface area (Å²) < 4.78 is -0.268. The number of hydrogen-bond donors (Lipinski definition) is 0. The zero-order valence-corrected chi connectivity index (χ0v) is 14.1. The molecule has 106 valence electrons. The van der Waals surface area contributed by atoms with Crippen LogP contribution in [0.5, 0.6) is 0 Å². The molecule has 2 aliphatic carbocycles. The number of allylic oxidation sites excluding steroid dienone is 2. The second kappa shape index (κ2) is 5.69. The van der Waals surface area contributed by atoms with E-state index in [1.165, 1.54) is 21.8 Å². The lowest BCUT2D eigenvalue weighted by Gasteiger charge is -2.43. The molecule has 0 spiro atoms. The lowest BCUT2D eigenvalue weighted by molar-refractivity contribution is -0.124. The van der Waals surface area contributed by atoms with Crippen LogP contribution in [0.1, 0.15) is 39.0 Å². The highest BCUT2D eigenvalue weighted by Crippen LogP contribution is 2.52. The zero-order chi connectivity index (χ0) is 14.2. The fourth-order valence-electron chi connectivity index (χ4n) is 3.32. The van der Waals surface area contributed by atoms with Crippen LogP contribution in [-0.4, -0.2) is 10.1 Å². The first-order valence-corrected chi connectivity index (χ1v) is 8.84. The van der Waals surface area contributed by atoms with Crippen molar-refractivity contribution in [2.75, 3.05) is 0 Å². The summed E-state index contributed by atoms with van der Waals surface area (Å²) in [6.45, 7) is 2.19. The number of hydrogen-bond acceptors (Lipinski definition) is 2. The molecule has 1 unspecified atom stereocenters. The van der Waals surface area contributed by atoms with Gasteiger partial charge in [0.1, 0.15) is 5.78 Å². The van der Waals surface area contributed by atoms with Crippen molar-refractivity contribution in [2.24, 2.45) is 5.92 Å². The Labute approximate surface area is 133 Å². The third-order valence-electron chi connectivity index (χ3n) is 4.48. The van der Waals surface area contributed by atoms with Crippen LogP contribution >= 0.6 is 27.7 Å². The molecule has 20 heavy (non-hydrogen) atoms. The Morgan fingerprint density at radius 3 is 2.80 bits per heavy atom. The Morgan fingerprint density at radius 1 is 1.30 bits per heavy atom. The monoisotopic (exact) mass is 350 g/mol. The number of alkyl halides is 1. The van der Waals surface area contributed by atoms with Crippen molar-refractivity contribution in [3.05, 3.63) is 40.8 Å². The summed E-state index contributed by atoms with van der Waals surface area (Å²) in [6, 6.07) is 10.5. The van der Waals surface area contributed by atoms with Gasteiger partial charge >= 0.3 is 0 Å². The normalized spacial score (nSPS) is 30.3. The summed E-state index contributed by atoms with van der Waals surface area (Å²) in [5.74, 6) is 0.885. The molecule has 1 saturated carbocycles. The Bertz CT molecular complexity index is 551. The highest BCUT2D eigenvalue weighted by atomic mass is 79.9. The molecular formula is C17H19BrOS. The third-order valence-corrected chi connectivity index (χ3v) is 7.12. The van der Waals surface area contributed by atoms with E-state index in [0.29, 0.717) is 11.7 Å². The number of carbonyl (C=O) groups is 1. The van der Waals surface area contributed by atoms with Crippen molar-refractivity contribution in [2.45, 2.75) is 48.2 Å². The zero-order valence-electron chi connectivity index (χ0n) is 11.7. The summed E-state index contributed by atoms with van der Waals surface area (Å²) in [7, 11) is 0. The SMILES string of the molecule is CC1=C(Sc2ccccc2)CC2CCCC(=O)[C@@]2(Br)C1. The Balaban J connectivity index is 1.85. The minimum atomic E-state index is -0.268. The van der Waals surface area contributed by atoms with Gasteiger partial charge in [-0.1, -0.05) is 51.5 Å². The summed E-state index contributed by atoms with van der Waals surface area (Å²) >= 11 is 5.67. The van der Waals surface area contributed by atoms with Gasteiger partial charge in [-0.05, 0) is 55.6 Å². The summed E-state index contributed by atoms with van der Waals surface area (Å²) in [5, 5.41) is 0. The molecule has 3 rings (SSSR count). The molecule has 0 heterocycles. The first-order chi connectivity index (χ1) is 9.59. The molecular weight excluding hydrogens is 332 g/mol. The van der Waals surface area contributed by atoms with E-state index in [2.05, 4.69) is 53.2 Å². The van der Waals surface area contributed by atoms with Gasteiger partial charge in [0, 0.05) is 11.3 Å². The fraction of sp³-hybridized carbons (Fsp3) is 0.471. The summed E-state index contributed by atoms with van der Waals surface area (Å²) in [6.07, 6.45) is 4.90. The molecule has 0 bridgehead atoms. The van der Waals surface area contributed by atoms with Gasteiger partial charge in [0.15, 0.2) is 0 Å². The number of thioether (sulfide) groups is 1. The van der Waals surface area contributed by atoms with Gasteiger partial charge in [0.25, 0.3) is 0 Å². The van der Waals surface area contributed by atoms with Crippen LogP contribution in [0.3, 0.4) is 0 Å². The second-order valence-electron chi connectivity index (χ2n) is 5.87. The molecule has 0 aliphatic heterocycles. The maximum atomic E-state index is 12.3. The van der Waals surface area contributed by atoms with Gasteiger partial charge < -0.3 is 0 Å². The van der Waals surface area contributed by atoms with Gasteiger partial charge in [-0.25, -0.2) is 0 Å². The molecule has 1 fully saturated rings. The van der Waals surface area contributed by atoms with E-state index in [9.17, 15) is 4.79 Å². The topological polar surface area (TPSA) is 17.1 Å². The van der Waals surface area contributed by atoms with Crippen LogP contribution in [0.15, 0.2) is 45.7 Å². The van der Waals surface area contributed by atoms with Crippen LogP contribution in [0.25, 0.3) is 0 Å². The van der Waals surface area contributed by atoms with E-state index >= 15 is 0 Å². The molecule has 0 N–H and O–H groups in total.